The van der Waals surface area contributed by atoms with Gasteiger partial charge in [-0.2, -0.15) is 0 Å². The number of hydrogen-bond donors (Lipinski definition) is 1. The fourth-order valence-electron chi connectivity index (χ4n) is 0.375. The molecule has 5 heteroatoms. The summed E-state index contributed by atoms with van der Waals surface area (Å²) in [4.78, 5) is 0.0625. The highest BCUT2D eigenvalue weighted by Gasteiger charge is 2.06. The summed E-state index contributed by atoms with van der Waals surface area (Å²) in [6.45, 7) is 0. The smallest absolute Gasteiger partial charge is 0.225 e. The molecule has 1 radical (unpaired) electrons. The third-order valence-electron chi connectivity index (χ3n) is 0.754. The minimum atomic E-state index is -3.50. The van der Waals surface area contributed by atoms with Crippen molar-refractivity contribution in [2.24, 2.45) is 5.14 Å². The van der Waals surface area contributed by atoms with Gasteiger partial charge in [0.05, 0.1) is 5.38 Å². The zero-order valence-corrected chi connectivity index (χ0v) is 6.00. The number of sulfonamides is 1. The van der Waals surface area contributed by atoms with Crippen molar-refractivity contribution >= 4 is 21.4 Å². The first-order chi connectivity index (χ1) is 4.11. The Kier molecular flexibility index (Phi) is 1.56. The standard InChI is InChI=1S/C4H4NO2S2/c5-9(6,7)4-1-2-8-3-4/h1-2H,(H2,5,6,7). The van der Waals surface area contributed by atoms with E-state index >= 15 is 0 Å². The van der Waals surface area contributed by atoms with Crippen LogP contribution < -0.4 is 5.14 Å². The quantitative estimate of drug-likeness (QED) is 0.641. The summed E-state index contributed by atoms with van der Waals surface area (Å²) in [6.07, 6.45) is 0. The van der Waals surface area contributed by atoms with Crippen molar-refractivity contribution in [2.45, 2.75) is 4.90 Å². The molecule has 0 aliphatic rings. The van der Waals surface area contributed by atoms with Crippen molar-refractivity contribution < 1.29 is 8.42 Å². The molecule has 0 aliphatic carbocycles. The summed E-state index contributed by atoms with van der Waals surface area (Å²) in [5.41, 5.74) is 0. The molecule has 1 aromatic heterocycles. The van der Waals surface area contributed by atoms with Crippen molar-refractivity contribution in [3.8, 4) is 0 Å². The molecule has 1 aromatic rings. The molecule has 0 saturated heterocycles. The van der Waals surface area contributed by atoms with E-state index in [9.17, 15) is 8.42 Å². The third-order valence-corrected chi connectivity index (χ3v) is 2.34. The van der Waals surface area contributed by atoms with E-state index in [4.69, 9.17) is 5.14 Å². The molecule has 2 N–H and O–H groups in total. The van der Waals surface area contributed by atoms with Gasteiger partial charge in [0.1, 0.15) is 4.90 Å². The van der Waals surface area contributed by atoms with E-state index in [2.05, 4.69) is 5.38 Å². The van der Waals surface area contributed by atoms with Crippen LogP contribution in [0.15, 0.2) is 16.3 Å². The first-order valence-electron chi connectivity index (χ1n) is 2.08. The molecule has 0 unspecified atom stereocenters. The molecular weight excluding hydrogens is 158 g/mol. The lowest BCUT2D eigenvalue weighted by Gasteiger charge is -1.86. The summed E-state index contributed by atoms with van der Waals surface area (Å²) >= 11 is 1.18. The molecule has 0 saturated carbocycles. The second kappa shape index (κ2) is 2.09. The van der Waals surface area contributed by atoms with Gasteiger partial charge in [0, 0.05) is 0 Å². The van der Waals surface area contributed by atoms with Gasteiger partial charge in [-0.3, -0.25) is 0 Å². The Bertz CT molecular complexity index is 274. The van der Waals surface area contributed by atoms with E-state index in [1.54, 1.807) is 5.38 Å². The van der Waals surface area contributed by atoms with Crippen LogP contribution in [0.1, 0.15) is 0 Å². The Hall–Kier alpha value is -0.390. The van der Waals surface area contributed by atoms with Crippen LogP contribution in [0.25, 0.3) is 0 Å². The monoisotopic (exact) mass is 162 g/mol. The largest absolute Gasteiger partial charge is 0.239 e. The van der Waals surface area contributed by atoms with E-state index in [0.717, 1.165) is 0 Å². The van der Waals surface area contributed by atoms with E-state index in [-0.39, 0.29) is 4.90 Å². The Morgan fingerprint density at radius 1 is 1.67 bits per heavy atom. The molecular formula is C4H4NO2S2. The SMILES string of the molecule is NS(=O)(=O)c1[c]scc1. The van der Waals surface area contributed by atoms with Gasteiger partial charge < -0.3 is 0 Å². The second-order valence-corrected chi connectivity index (χ2v) is 3.67. The Labute approximate surface area is 57.2 Å². The molecule has 0 bridgehead atoms. The van der Waals surface area contributed by atoms with Crippen LogP contribution in [-0.4, -0.2) is 8.42 Å². The maximum Gasteiger partial charge on any atom is 0.239 e. The molecule has 49 valence electrons. The van der Waals surface area contributed by atoms with Gasteiger partial charge in [0.15, 0.2) is 0 Å². The van der Waals surface area contributed by atoms with Crippen LogP contribution in [0.2, 0.25) is 0 Å². The van der Waals surface area contributed by atoms with Crippen LogP contribution >= 0.6 is 11.3 Å². The first-order valence-corrected chi connectivity index (χ1v) is 4.51. The highest BCUT2D eigenvalue weighted by atomic mass is 32.2. The zero-order chi connectivity index (χ0) is 6.91. The van der Waals surface area contributed by atoms with Gasteiger partial charge >= 0.3 is 0 Å². The van der Waals surface area contributed by atoms with Gasteiger partial charge in [-0.05, 0) is 11.4 Å². The summed E-state index contributed by atoms with van der Waals surface area (Å²) in [5, 5.41) is 8.87. The predicted molar refractivity (Wildman–Crippen MR) is 34.5 cm³/mol. The summed E-state index contributed by atoms with van der Waals surface area (Å²) < 4.78 is 20.9. The Morgan fingerprint density at radius 3 is 2.56 bits per heavy atom. The number of primary sulfonamides is 1. The van der Waals surface area contributed by atoms with Gasteiger partial charge in [0.2, 0.25) is 10.0 Å². The summed E-state index contributed by atoms with van der Waals surface area (Å²) in [6, 6.07) is 1.42. The fourth-order valence-corrected chi connectivity index (χ4v) is 1.78. The van der Waals surface area contributed by atoms with Gasteiger partial charge in [0.25, 0.3) is 0 Å². The molecule has 0 atom stereocenters. The lowest BCUT2D eigenvalue weighted by molar-refractivity contribution is 0.598. The number of thiophene rings is 1. The van der Waals surface area contributed by atoms with Crippen molar-refractivity contribution in [3.05, 3.63) is 16.8 Å². The maximum atomic E-state index is 10.4. The summed E-state index contributed by atoms with van der Waals surface area (Å²) in [5.74, 6) is 0. The third kappa shape index (κ3) is 1.51. The lowest BCUT2D eigenvalue weighted by Crippen LogP contribution is -2.10. The lowest BCUT2D eigenvalue weighted by atomic mass is 10.7. The topological polar surface area (TPSA) is 60.2 Å². The molecule has 3 nitrogen and oxygen atoms in total. The molecule has 0 aromatic carbocycles. The van der Waals surface area contributed by atoms with Crippen LogP contribution in [0.4, 0.5) is 0 Å². The van der Waals surface area contributed by atoms with E-state index in [0.29, 0.717) is 0 Å². The highest BCUT2D eigenvalue weighted by Crippen LogP contribution is 2.08. The Morgan fingerprint density at radius 2 is 2.33 bits per heavy atom. The van der Waals surface area contributed by atoms with Gasteiger partial charge in [-0.1, -0.05) is 0 Å². The molecule has 0 aliphatic heterocycles. The van der Waals surface area contributed by atoms with E-state index < -0.39 is 10.0 Å². The van der Waals surface area contributed by atoms with E-state index in [1.807, 2.05) is 0 Å². The number of nitrogens with two attached hydrogens (primary N) is 1. The van der Waals surface area contributed by atoms with Crippen LogP contribution in [-0.2, 0) is 10.0 Å². The van der Waals surface area contributed by atoms with Crippen molar-refractivity contribution in [1.82, 2.24) is 0 Å². The molecule has 0 amide bonds. The molecule has 9 heavy (non-hydrogen) atoms. The molecule has 0 spiro atoms. The molecule has 1 heterocycles. The second-order valence-electron chi connectivity index (χ2n) is 1.43. The predicted octanol–water partition coefficient (Wildman–Crippen LogP) is 0.196. The van der Waals surface area contributed by atoms with Gasteiger partial charge in [-0.15, -0.1) is 11.3 Å². The Balaban J connectivity index is 3.20. The minimum absolute atomic E-state index is 0.0625. The average Bonchev–Trinajstić information content (AvgIpc) is 2.08. The molecule has 1 rings (SSSR count). The van der Waals surface area contributed by atoms with Crippen molar-refractivity contribution in [2.75, 3.05) is 0 Å². The maximum absolute atomic E-state index is 10.4. The average molecular weight is 162 g/mol. The molecule has 0 fully saturated rings. The number of rotatable bonds is 1. The normalized spacial score (nSPS) is 11.7. The number of hydrogen-bond acceptors (Lipinski definition) is 3. The first kappa shape index (κ1) is 6.73. The van der Waals surface area contributed by atoms with Crippen molar-refractivity contribution in [1.29, 1.82) is 0 Å². The van der Waals surface area contributed by atoms with Crippen molar-refractivity contribution in [3.63, 3.8) is 0 Å². The zero-order valence-electron chi connectivity index (χ0n) is 4.37. The minimum Gasteiger partial charge on any atom is -0.225 e. The fraction of sp³-hybridized carbons (Fsp3) is 0. The van der Waals surface area contributed by atoms with Crippen LogP contribution in [0.3, 0.4) is 0 Å². The van der Waals surface area contributed by atoms with Gasteiger partial charge in [-0.25, -0.2) is 13.6 Å². The van der Waals surface area contributed by atoms with E-state index in [1.165, 1.54) is 17.4 Å². The highest BCUT2D eigenvalue weighted by molar-refractivity contribution is 7.89. The van der Waals surface area contributed by atoms with Crippen LogP contribution in [0, 0.1) is 5.38 Å². The summed E-state index contributed by atoms with van der Waals surface area (Å²) in [7, 11) is -3.50. The van der Waals surface area contributed by atoms with Crippen LogP contribution in [0.5, 0.6) is 0 Å².